The summed E-state index contributed by atoms with van der Waals surface area (Å²) in [6.07, 6.45) is -0.110. The van der Waals surface area contributed by atoms with Crippen LogP contribution >= 0.6 is 23.2 Å². The first-order valence-corrected chi connectivity index (χ1v) is 7.88. The third-order valence-electron chi connectivity index (χ3n) is 3.41. The van der Waals surface area contributed by atoms with E-state index in [4.69, 9.17) is 38.4 Å². The number of halogens is 2. The molecule has 2 atom stereocenters. The molecule has 23 heavy (non-hydrogen) atoms. The van der Waals surface area contributed by atoms with Gasteiger partial charge in [0.15, 0.2) is 6.61 Å². The van der Waals surface area contributed by atoms with Gasteiger partial charge in [-0.2, -0.15) is 0 Å². The van der Waals surface area contributed by atoms with Crippen molar-refractivity contribution in [2.75, 3.05) is 25.4 Å². The third kappa shape index (κ3) is 4.50. The highest BCUT2D eigenvalue weighted by Crippen LogP contribution is 2.28. The van der Waals surface area contributed by atoms with E-state index in [0.29, 0.717) is 13.1 Å². The molecular formula is C15H18Cl2N2O4. The summed E-state index contributed by atoms with van der Waals surface area (Å²) in [5.41, 5.74) is 5.85. The molecule has 0 aromatic heterocycles. The molecule has 0 aliphatic carbocycles. The molecule has 0 spiro atoms. The van der Waals surface area contributed by atoms with Crippen LogP contribution in [0.1, 0.15) is 24.2 Å². The summed E-state index contributed by atoms with van der Waals surface area (Å²) < 4.78 is 10.6. The van der Waals surface area contributed by atoms with Crippen LogP contribution in [0.25, 0.3) is 0 Å². The molecule has 1 fully saturated rings. The quantitative estimate of drug-likeness (QED) is 0.660. The van der Waals surface area contributed by atoms with Crippen molar-refractivity contribution in [1.82, 2.24) is 4.90 Å². The van der Waals surface area contributed by atoms with Crippen molar-refractivity contribution in [3.63, 3.8) is 0 Å². The van der Waals surface area contributed by atoms with Crippen LogP contribution < -0.4 is 5.73 Å². The maximum absolute atomic E-state index is 12.2. The predicted octanol–water partition coefficient (Wildman–Crippen LogP) is 2.37. The fraction of sp³-hybridized carbons (Fsp3) is 0.467. The number of anilines is 1. The van der Waals surface area contributed by atoms with Crippen molar-refractivity contribution in [1.29, 1.82) is 0 Å². The number of morpholine rings is 1. The minimum atomic E-state index is -0.741. The first kappa shape index (κ1) is 17.8. The smallest absolute Gasteiger partial charge is 0.340 e. The second-order valence-electron chi connectivity index (χ2n) is 5.48. The lowest BCUT2D eigenvalue weighted by Crippen LogP contribution is -2.49. The molecule has 1 aromatic rings. The maximum Gasteiger partial charge on any atom is 0.340 e. The Kier molecular flexibility index (Phi) is 5.73. The van der Waals surface area contributed by atoms with E-state index < -0.39 is 5.97 Å². The zero-order valence-electron chi connectivity index (χ0n) is 12.8. The van der Waals surface area contributed by atoms with E-state index in [1.54, 1.807) is 4.90 Å². The Morgan fingerprint density at radius 2 is 1.91 bits per heavy atom. The van der Waals surface area contributed by atoms with E-state index in [1.165, 1.54) is 12.1 Å². The van der Waals surface area contributed by atoms with E-state index in [9.17, 15) is 9.59 Å². The average Bonchev–Trinajstić information content (AvgIpc) is 2.47. The summed E-state index contributed by atoms with van der Waals surface area (Å²) in [4.78, 5) is 25.8. The monoisotopic (exact) mass is 360 g/mol. The molecule has 1 amide bonds. The Labute approximate surface area is 144 Å². The standard InChI is InChI=1S/C15H18Cl2N2O4/c1-8-5-19(6-9(2)23-8)13(20)7-22-15(21)11-3-10(16)4-12(17)14(11)18/h3-4,8-9H,5-7,18H2,1-2H3/t8-,9-/m1/s1. The van der Waals surface area contributed by atoms with Crippen molar-refractivity contribution in [3.8, 4) is 0 Å². The number of nitrogens with two attached hydrogens (primary N) is 1. The van der Waals surface area contributed by atoms with Gasteiger partial charge in [-0.15, -0.1) is 0 Å². The van der Waals surface area contributed by atoms with E-state index in [1.807, 2.05) is 13.8 Å². The van der Waals surface area contributed by atoms with Crippen LogP contribution in [0.5, 0.6) is 0 Å². The van der Waals surface area contributed by atoms with Crippen molar-refractivity contribution in [3.05, 3.63) is 27.7 Å². The molecule has 6 nitrogen and oxygen atoms in total. The minimum absolute atomic E-state index is 0.0408. The molecule has 2 N–H and O–H groups in total. The van der Waals surface area contributed by atoms with E-state index >= 15 is 0 Å². The van der Waals surface area contributed by atoms with Crippen LogP contribution in [0.3, 0.4) is 0 Å². The van der Waals surface area contributed by atoms with Crippen LogP contribution in [0.2, 0.25) is 10.0 Å². The summed E-state index contributed by atoms with van der Waals surface area (Å²) >= 11 is 11.7. The minimum Gasteiger partial charge on any atom is -0.452 e. The molecule has 0 saturated carbocycles. The van der Waals surface area contributed by atoms with E-state index in [-0.39, 0.29) is 46.0 Å². The molecular weight excluding hydrogens is 343 g/mol. The normalized spacial score (nSPS) is 21.1. The maximum atomic E-state index is 12.2. The topological polar surface area (TPSA) is 81.9 Å². The first-order valence-electron chi connectivity index (χ1n) is 7.12. The van der Waals surface area contributed by atoms with E-state index in [0.717, 1.165) is 0 Å². The van der Waals surface area contributed by atoms with Gasteiger partial charge in [0.1, 0.15) is 0 Å². The fourth-order valence-electron chi connectivity index (χ4n) is 2.43. The molecule has 2 rings (SSSR count). The fourth-order valence-corrected chi connectivity index (χ4v) is 2.92. The van der Waals surface area contributed by atoms with Gasteiger partial charge in [-0.3, -0.25) is 4.79 Å². The van der Waals surface area contributed by atoms with Crippen LogP contribution in [0.4, 0.5) is 5.69 Å². The highest BCUT2D eigenvalue weighted by molar-refractivity contribution is 6.37. The number of amides is 1. The number of hydrogen-bond donors (Lipinski definition) is 1. The van der Waals surface area contributed by atoms with Crippen LogP contribution in [-0.4, -0.2) is 48.7 Å². The molecule has 1 aliphatic heterocycles. The van der Waals surface area contributed by atoms with E-state index in [2.05, 4.69) is 0 Å². The molecule has 8 heteroatoms. The van der Waals surface area contributed by atoms with Gasteiger partial charge < -0.3 is 20.1 Å². The summed E-state index contributed by atoms with van der Waals surface area (Å²) in [5, 5.41) is 0.421. The largest absolute Gasteiger partial charge is 0.452 e. The summed E-state index contributed by atoms with van der Waals surface area (Å²) in [6.45, 7) is 4.33. The van der Waals surface area contributed by atoms with Gasteiger partial charge in [-0.1, -0.05) is 23.2 Å². The number of nitrogens with zero attached hydrogens (tertiary/aromatic N) is 1. The Bertz CT molecular complexity index is 614. The molecule has 0 bridgehead atoms. The Morgan fingerprint density at radius 1 is 1.30 bits per heavy atom. The lowest BCUT2D eigenvalue weighted by molar-refractivity contribution is -0.146. The van der Waals surface area contributed by atoms with Crippen LogP contribution in [0, 0.1) is 0 Å². The molecule has 1 aromatic carbocycles. The zero-order chi connectivity index (χ0) is 17.1. The van der Waals surface area contributed by atoms with Crippen molar-refractivity contribution < 1.29 is 19.1 Å². The number of hydrogen-bond acceptors (Lipinski definition) is 5. The molecule has 126 valence electrons. The third-order valence-corrected chi connectivity index (χ3v) is 3.94. The zero-order valence-corrected chi connectivity index (χ0v) is 14.4. The number of carbonyl (C=O) groups excluding carboxylic acids is 2. The van der Waals surface area contributed by atoms with Gasteiger partial charge in [-0.25, -0.2) is 4.79 Å². The molecule has 1 saturated heterocycles. The number of rotatable bonds is 3. The molecule has 1 aliphatic rings. The Balaban J connectivity index is 1.98. The first-order chi connectivity index (χ1) is 10.8. The molecule has 0 unspecified atom stereocenters. The molecule has 1 heterocycles. The van der Waals surface area contributed by atoms with Gasteiger partial charge in [0.05, 0.1) is 28.5 Å². The number of ether oxygens (including phenoxy) is 2. The van der Waals surface area contributed by atoms with Gasteiger partial charge in [-0.05, 0) is 26.0 Å². The van der Waals surface area contributed by atoms with Gasteiger partial charge in [0, 0.05) is 18.1 Å². The predicted molar refractivity (Wildman–Crippen MR) is 87.7 cm³/mol. The van der Waals surface area contributed by atoms with Crippen LogP contribution in [0.15, 0.2) is 12.1 Å². The van der Waals surface area contributed by atoms with Crippen LogP contribution in [-0.2, 0) is 14.3 Å². The van der Waals surface area contributed by atoms with Crippen molar-refractivity contribution in [2.45, 2.75) is 26.1 Å². The SMILES string of the molecule is C[C@@H]1CN(C(=O)COC(=O)c2cc(Cl)cc(Cl)c2N)C[C@@H](C)O1. The summed E-state index contributed by atoms with van der Waals surface area (Å²) in [5.74, 6) is -1.03. The Hall–Kier alpha value is -1.50. The van der Waals surface area contributed by atoms with Crippen molar-refractivity contribution >= 4 is 40.8 Å². The van der Waals surface area contributed by atoms with Gasteiger partial charge in [0.2, 0.25) is 0 Å². The summed E-state index contributed by atoms with van der Waals surface area (Å²) in [7, 11) is 0. The Morgan fingerprint density at radius 3 is 2.52 bits per heavy atom. The number of nitrogen functional groups attached to an aromatic ring is 1. The second-order valence-corrected chi connectivity index (χ2v) is 6.32. The van der Waals surface area contributed by atoms with Crippen molar-refractivity contribution in [2.24, 2.45) is 0 Å². The molecule has 0 radical (unpaired) electrons. The number of esters is 1. The highest BCUT2D eigenvalue weighted by atomic mass is 35.5. The lowest BCUT2D eigenvalue weighted by Gasteiger charge is -2.35. The summed E-state index contributed by atoms with van der Waals surface area (Å²) in [6, 6.07) is 2.78. The van der Waals surface area contributed by atoms with Gasteiger partial charge >= 0.3 is 5.97 Å². The second kappa shape index (κ2) is 7.38. The number of carbonyl (C=O) groups is 2. The highest BCUT2D eigenvalue weighted by Gasteiger charge is 2.26. The lowest BCUT2D eigenvalue weighted by atomic mass is 10.2. The number of benzene rings is 1. The average molecular weight is 361 g/mol. The van der Waals surface area contributed by atoms with Gasteiger partial charge in [0.25, 0.3) is 5.91 Å².